The van der Waals surface area contributed by atoms with Gasteiger partial charge in [0.1, 0.15) is 4.90 Å². The number of nitrogens with two attached hydrogens (primary N) is 1. The summed E-state index contributed by atoms with van der Waals surface area (Å²) in [7, 11) is -3.59. The Bertz CT molecular complexity index is 611. The predicted octanol–water partition coefficient (Wildman–Crippen LogP) is 1.28. The number of benzene rings is 1. The number of rotatable bonds is 3. The lowest BCUT2D eigenvalue weighted by molar-refractivity contribution is 0.133. The number of sulfonamides is 1. The highest BCUT2D eigenvalue weighted by Crippen LogP contribution is 2.32. The van der Waals surface area contributed by atoms with E-state index in [0.29, 0.717) is 30.8 Å². The van der Waals surface area contributed by atoms with Gasteiger partial charge < -0.3 is 10.8 Å². The third kappa shape index (κ3) is 2.55. The molecule has 0 spiro atoms. The van der Waals surface area contributed by atoms with Crippen molar-refractivity contribution in [2.45, 2.75) is 38.2 Å². The van der Waals surface area contributed by atoms with Gasteiger partial charge in [-0.1, -0.05) is 12.1 Å². The van der Waals surface area contributed by atoms with Crippen molar-refractivity contribution in [1.82, 2.24) is 4.31 Å². The van der Waals surface area contributed by atoms with E-state index in [1.54, 1.807) is 26.8 Å². The summed E-state index contributed by atoms with van der Waals surface area (Å²) in [5, 5.41) is 9.61. The minimum absolute atomic E-state index is 0.00360. The van der Waals surface area contributed by atoms with Crippen molar-refractivity contribution in [3.05, 3.63) is 23.3 Å². The molecule has 1 aromatic rings. The van der Waals surface area contributed by atoms with Crippen LogP contribution in [0.4, 0.5) is 5.69 Å². The van der Waals surface area contributed by atoms with Gasteiger partial charge in [0.15, 0.2) is 0 Å². The average molecular weight is 298 g/mol. The van der Waals surface area contributed by atoms with Crippen LogP contribution in [0.1, 0.15) is 24.5 Å². The molecule has 112 valence electrons. The zero-order chi connectivity index (χ0) is 15.1. The van der Waals surface area contributed by atoms with Gasteiger partial charge in [0.2, 0.25) is 10.0 Å². The summed E-state index contributed by atoms with van der Waals surface area (Å²) in [5.74, 6) is -0.00360. The Morgan fingerprint density at radius 2 is 1.95 bits per heavy atom. The van der Waals surface area contributed by atoms with E-state index in [9.17, 15) is 13.5 Å². The lowest BCUT2D eigenvalue weighted by atomic mass is 10.0. The van der Waals surface area contributed by atoms with Crippen molar-refractivity contribution in [2.75, 3.05) is 18.8 Å². The third-order valence-electron chi connectivity index (χ3n) is 4.08. The Balaban J connectivity index is 2.40. The maximum absolute atomic E-state index is 12.8. The minimum atomic E-state index is -3.59. The van der Waals surface area contributed by atoms with E-state index in [1.807, 2.05) is 6.07 Å². The number of anilines is 1. The van der Waals surface area contributed by atoms with Gasteiger partial charge in [-0.15, -0.1) is 0 Å². The van der Waals surface area contributed by atoms with Crippen molar-refractivity contribution < 1.29 is 13.5 Å². The van der Waals surface area contributed by atoms with Crippen molar-refractivity contribution in [2.24, 2.45) is 5.92 Å². The first-order valence-electron chi connectivity index (χ1n) is 6.79. The van der Waals surface area contributed by atoms with E-state index in [2.05, 4.69) is 0 Å². The fraction of sp³-hybridized carbons (Fsp3) is 0.571. The molecule has 0 radical (unpaired) electrons. The van der Waals surface area contributed by atoms with Crippen LogP contribution in [0.15, 0.2) is 17.0 Å². The lowest BCUT2D eigenvalue weighted by Gasteiger charge is -2.20. The molecule has 1 aliphatic rings. The topological polar surface area (TPSA) is 83.6 Å². The minimum Gasteiger partial charge on any atom is -0.397 e. The van der Waals surface area contributed by atoms with Crippen LogP contribution in [0, 0.1) is 19.8 Å². The summed E-state index contributed by atoms with van der Waals surface area (Å²) in [5.41, 5.74) is 7.73. The fourth-order valence-electron chi connectivity index (χ4n) is 2.64. The van der Waals surface area contributed by atoms with Crippen LogP contribution in [0.3, 0.4) is 0 Å². The normalized spacial score (nSPS) is 22.1. The monoisotopic (exact) mass is 298 g/mol. The molecule has 1 aliphatic heterocycles. The molecular formula is C14H22N2O3S. The molecule has 0 bridgehead atoms. The van der Waals surface area contributed by atoms with Gasteiger partial charge in [0, 0.05) is 13.1 Å². The molecule has 1 fully saturated rings. The lowest BCUT2D eigenvalue weighted by Crippen LogP contribution is -2.31. The average Bonchev–Trinajstić information content (AvgIpc) is 2.84. The van der Waals surface area contributed by atoms with E-state index in [0.717, 1.165) is 5.56 Å². The molecular weight excluding hydrogens is 276 g/mol. The Morgan fingerprint density at radius 3 is 2.50 bits per heavy atom. The van der Waals surface area contributed by atoms with Gasteiger partial charge in [-0.2, -0.15) is 4.31 Å². The highest BCUT2D eigenvalue weighted by Gasteiger charge is 2.36. The Labute approximate surface area is 120 Å². The molecule has 20 heavy (non-hydrogen) atoms. The molecule has 0 amide bonds. The number of hydrogen-bond acceptors (Lipinski definition) is 4. The standard InChI is InChI=1S/C14H22N2O3S/c1-9-4-5-10(2)14(13(9)15)20(18,19)16-7-6-12(8-16)11(3)17/h4-5,11-12,17H,6-8,15H2,1-3H3. The van der Waals surface area contributed by atoms with E-state index < -0.39 is 16.1 Å². The highest BCUT2D eigenvalue weighted by molar-refractivity contribution is 7.89. The molecule has 5 nitrogen and oxygen atoms in total. The van der Waals surface area contributed by atoms with Gasteiger partial charge in [0.05, 0.1) is 11.8 Å². The predicted molar refractivity (Wildman–Crippen MR) is 78.9 cm³/mol. The third-order valence-corrected chi connectivity index (χ3v) is 6.15. The Kier molecular flexibility index (Phi) is 4.09. The maximum Gasteiger partial charge on any atom is 0.245 e. The largest absolute Gasteiger partial charge is 0.397 e. The Hall–Kier alpha value is -1.11. The molecule has 0 aromatic heterocycles. The summed E-state index contributed by atoms with van der Waals surface area (Å²) in [6, 6.07) is 3.60. The van der Waals surface area contributed by atoms with E-state index in [4.69, 9.17) is 5.73 Å². The SMILES string of the molecule is Cc1ccc(C)c(S(=O)(=O)N2CCC(C(C)O)C2)c1N. The molecule has 1 saturated heterocycles. The van der Waals surface area contributed by atoms with E-state index >= 15 is 0 Å². The summed E-state index contributed by atoms with van der Waals surface area (Å²) >= 11 is 0. The first-order chi connectivity index (χ1) is 9.25. The fourth-order valence-corrected chi connectivity index (χ4v) is 4.55. The van der Waals surface area contributed by atoms with Crippen LogP contribution >= 0.6 is 0 Å². The molecule has 1 aromatic carbocycles. The van der Waals surface area contributed by atoms with Crippen molar-refractivity contribution in [1.29, 1.82) is 0 Å². The number of nitrogens with zero attached hydrogens (tertiary/aromatic N) is 1. The van der Waals surface area contributed by atoms with Gasteiger partial charge in [0.25, 0.3) is 0 Å². The highest BCUT2D eigenvalue weighted by atomic mass is 32.2. The zero-order valence-electron chi connectivity index (χ0n) is 12.1. The number of aliphatic hydroxyl groups is 1. The van der Waals surface area contributed by atoms with E-state index in [1.165, 1.54) is 4.31 Å². The second-order valence-electron chi connectivity index (χ2n) is 5.59. The summed E-state index contributed by atoms with van der Waals surface area (Å²) in [6.07, 6.45) is 0.188. The van der Waals surface area contributed by atoms with Crippen LogP contribution in [-0.2, 0) is 10.0 Å². The van der Waals surface area contributed by atoms with Gasteiger partial charge >= 0.3 is 0 Å². The van der Waals surface area contributed by atoms with Gasteiger partial charge in [-0.3, -0.25) is 0 Å². The second kappa shape index (κ2) is 5.35. The number of nitrogen functional groups attached to an aromatic ring is 1. The number of aliphatic hydroxyl groups excluding tert-OH is 1. The quantitative estimate of drug-likeness (QED) is 0.823. The Morgan fingerprint density at radius 1 is 1.35 bits per heavy atom. The molecule has 0 aliphatic carbocycles. The summed E-state index contributed by atoms with van der Waals surface area (Å²) in [4.78, 5) is 0.212. The number of aryl methyl sites for hydroxylation is 2. The van der Waals surface area contributed by atoms with Crippen molar-refractivity contribution in [3.63, 3.8) is 0 Å². The summed E-state index contributed by atoms with van der Waals surface area (Å²) in [6.45, 7) is 6.05. The van der Waals surface area contributed by atoms with Crippen LogP contribution in [0.5, 0.6) is 0 Å². The zero-order valence-corrected chi connectivity index (χ0v) is 12.9. The molecule has 1 heterocycles. The maximum atomic E-state index is 12.8. The van der Waals surface area contributed by atoms with Crippen molar-refractivity contribution in [3.8, 4) is 0 Å². The molecule has 0 saturated carbocycles. The van der Waals surface area contributed by atoms with Crippen LogP contribution in [-0.4, -0.2) is 37.0 Å². The molecule has 2 atom stereocenters. The van der Waals surface area contributed by atoms with E-state index in [-0.39, 0.29) is 10.8 Å². The van der Waals surface area contributed by atoms with Crippen molar-refractivity contribution >= 4 is 15.7 Å². The van der Waals surface area contributed by atoms with Gasteiger partial charge in [-0.05, 0) is 44.2 Å². The van der Waals surface area contributed by atoms with Gasteiger partial charge in [-0.25, -0.2) is 8.42 Å². The number of hydrogen-bond donors (Lipinski definition) is 2. The second-order valence-corrected chi connectivity index (χ2v) is 7.47. The van der Waals surface area contributed by atoms with Crippen LogP contribution in [0.25, 0.3) is 0 Å². The molecule has 6 heteroatoms. The first-order valence-corrected chi connectivity index (χ1v) is 8.23. The smallest absolute Gasteiger partial charge is 0.245 e. The van der Waals surface area contributed by atoms with Crippen LogP contribution in [0.2, 0.25) is 0 Å². The molecule has 2 rings (SSSR count). The summed E-state index contributed by atoms with van der Waals surface area (Å²) < 4.78 is 27.0. The first kappa shape index (κ1) is 15.3. The molecule has 3 N–H and O–H groups in total. The molecule has 2 unspecified atom stereocenters. The van der Waals surface area contributed by atoms with Crippen LogP contribution < -0.4 is 5.73 Å².